The van der Waals surface area contributed by atoms with Gasteiger partial charge in [-0.15, -0.1) is 10.2 Å². The maximum atomic E-state index is 13.3. The fourth-order valence-corrected chi connectivity index (χ4v) is 1.38. The van der Waals surface area contributed by atoms with Crippen molar-refractivity contribution in [2.45, 2.75) is 26.3 Å². The third-order valence-corrected chi connectivity index (χ3v) is 2.33. The van der Waals surface area contributed by atoms with E-state index in [0.29, 0.717) is 11.8 Å². The molecule has 0 saturated heterocycles. The minimum absolute atomic E-state index is 0.0688. The first-order chi connectivity index (χ1) is 8.56. The zero-order chi connectivity index (χ0) is 13.1. The van der Waals surface area contributed by atoms with Crippen LogP contribution in [-0.4, -0.2) is 10.2 Å². The van der Waals surface area contributed by atoms with E-state index < -0.39 is 11.6 Å². The van der Waals surface area contributed by atoms with Crippen LogP contribution in [-0.2, 0) is 6.54 Å². The number of aromatic nitrogens is 2. The molecular formula is C12H13F2N3O. The van der Waals surface area contributed by atoms with Crippen LogP contribution in [0.5, 0.6) is 0 Å². The summed E-state index contributed by atoms with van der Waals surface area (Å²) < 4.78 is 31.6. The second-order valence-corrected chi connectivity index (χ2v) is 4.17. The average Bonchev–Trinajstić information content (AvgIpc) is 2.79. The summed E-state index contributed by atoms with van der Waals surface area (Å²) in [4.78, 5) is 0. The van der Waals surface area contributed by atoms with Crippen molar-refractivity contribution in [2.24, 2.45) is 0 Å². The van der Waals surface area contributed by atoms with Crippen molar-refractivity contribution in [1.82, 2.24) is 10.2 Å². The van der Waals surface area contributed by atoms with Crippen molar-refractivity contribution < 1.29 is 13.2 Å². The lowest BCUT2D eigenvalue weighted by Crippen LogP contribution is -2.02. The van der Waals surface area contributed by atoms with Crippen molar-refractivity contribution >= 4 is 5.69 Å². The average molecular weight is 253 g/mol. The molecule has 96 valence electrons. The number of anilines is 1. The smallest absolute Gasteiger partial charge is 0.235 e. The minimum Gasteiger partial charge on any atom is -0.423 e. The molecule has 0 aliphatic heterocycles. The van der Waals surface area contributed by atoms with Crippen molar-refractivity contribution in [3.05, 3.63) is 41.6 Å². The Balaban J connectivity index is 2.04. The van der Waals surface area contributed by atoms with Crippen LogP contribution in [0.4, 0.5) is 14.5 Å². The van der Waals surface area contributed by atoms with Gasteiger partial charge in [0.15, 0.2) is 0 Å². The second kappa shape index (κ2) is 5.12. The first-order valence-electron chi connectivity index (χ1n) is 5.57. The standard InChI is InChI=1S/C12H13F2N3O/c1-7(2)12-17-16-11(18-12)6-15-10-5-8(13)3-4-9(10)14/h3-5,7,15H,6H2,1-2H3. The molecule has 0 spiro atoms. The van der Waals surface area contributed by atoms with Crippen LogP contribution >= 0.6 is 0 Å². The summed E-state index contributed by atoms with van der Waals surface area (Å²) in [7, 11) is 0. The highest BCUT2D eigenvalue weighted by Crippen LogP contribution is 2.17. The Kier molecular flexibility index (Phi) is 3.55. The molecule has 0 atom stereocenters. The maximum absolute atomic E-state index is 13.3. The number of hydrogen-bond acceptors (Lipinski definition) is 4. The fraction of sp³-hybridized carbons (Fsp3) is 0.333. The van der Waals surface area contributed by atoms with Crippen molar-refractivity contribution in [2.75, 3.05) is 5.32 Å². The molecule has 6 heteroatoms. The highest BCUT2D eigenvalue weighted by Gasteiger charge is 2.10. The van der Waals surface area contributed by atoms with Crippen LogP contribution in [0.25, 0.3) is 0 Å². The van der Waals surface area contributed by atoms with E-state index >= 15 is 0 Å². The maximum Gasteiger partial charge on any atom is 0.235 e. The van der Waals surface area contributed by atoms with Gasteiger partial charge in [0.2, 0.25) is 11.8 Å². The van der Waals surface area contributed by atoms with E-state index in [-0.39, 0.29) is 18.2 Å². The monoisotopic (exact) mass is 253 g/mol. The molecule has 0 saturated carbocycles. The largest absolute Gasteiger partial charge is 0.423 e. The molecule has 4 nitrogen and oxygen atoms in total. The van der Waals surface area contributed by atoms with E-state index in [0.717, 1.165) is 18.2 Å². The van der Waals surface area contributed by atoms with E-state index in [2.05, 4.69) is 15.5 Å². The summed E-state index contributed by atoms with van der Waals surface area (Å²) in [5.74, 6) is -0.0432. The molecule has 0 radical (unpaired) electrons. The first kappa shape index (κ1) is 12.5. The van der Waals surface area contributed by atoms with Crippen molar-refractivity contribution in [1.29, 1.82) is 0 Å². The summed E-state index contributed by atoms with van der Waals surface area (Å²) in [5, 5.41) is 10.4. The molecule has 18 heavy (non-hydrogen) atoms. The second-order valence-electron chi connectivity index (χ2n) is 4.17. The molecule has 1 heterocycles. The summed E-state index contributed by atoms with van der Waals surface area (Å²) in [5.41, 5.74) is 0.0688. The molecule has 0 bridgehead atoms. The minimum atomic E-state index is -0.528. The van der Waals surface area contributed by atoms with Gasteiger partial charge in [0.1, 0.15) is 11.6 Å². The summed E-state index contributed by atoms with van der Waals surface area (Å²) in [6.45, 7) is 4.01. The van der Waals surface area contributed by atoms with Crippen molar-refractivity contribution in [3.8, 4) is 0 Å². The van der Waals surface area contributed by atoms with E-state index in [1.54, 1.807) is 0 Å². The van der Waals surface area contributed by atoms with Gasteiger partial charge in [0.05, 0.1) is 12.2 Å². The Labute approximate surface area is 103 Å². The zero-order valence-electron chi connectivity index (χ0n) is 10.1. The van der Waals surface area contributed by atoms with Crippen LogP contribution < -0.4 is 5.32 Å². The molecule has 0 amide bonds. The Bertz CT molecular complexity index is 540. The van der Waals surface area contributed by atoms with E-state index in [1.807, 2.05) is 13.8 Å². The molecule has 0 fully saturated rings. The van der Waals surface area contributed by atoms with E-state index in [4.69, 9.17) is 4.42 Å². The summed E-state index contributed by atoms with van der Waals surface area (Å²) in [6, 6.07) is 3.20. The zero-order valence-corrected chi connectivity index (χ0v) is 10.1. The third kappa shape index (κ3) is 2.82. The van der Waals surface area contributed by atoms with Gasteiger partial charge in [0.25, 0.3) is 0 Å². The molecule has 2 aromatic rings. The van der Waals surface area contributed by atoms with Crippen LogP contribution in [0, 0.1) is 11.6 Å². The number of nitrogens with one attached hydrogen (secondary N) is 1. The van der Waals surface area contributed by atoms with Gasteiger partial charge < -0.3 is 9.73 Å². The van der Waals surface area contributed by atoms with E-state index in [9.17, 15) is 8.78 Å². The van der Waals surface area contributed by atoms with Gasteiger partial charge in [-0.2, -0.15) is 0 Å². The number of rotatable bonds is 4. The molecule has 0 aliphatic carbocycles. The number of halogens is 2. The number of hydrogen-bond donors (Lipinski definition) is 1. The van der Waals surface area contributed by atoms with Crippen molar-refractivity contribution in [3.63, 3.8) is 0 Å². The molecule has 1 aromatic heterocycles. The van der Waals surface area contributed by atoms with Gasteiger partial charge in [-0.05, 0) is 18.2 Å². The molecule has 1 aromatic carbocycles. The quantitative estimate of drug-likeness (QED) is 0.909. The van der Waals surface area contributed by atoms with Crippen LogP contribution in [0.15, 0.2) is 22.6 Å². The molecular weight excluding hydrogens is 240 g/mol. The molecule has 0 aliphatic rings. The van der Waals surface area contributed by atoms with Crippen LogP contribution in [0.3, 0.4) is 0 Å². The van der Waals surface area contributed by atoms with Crippen LogP contribution in [0.1, 0.15) is 31.5 Å². The fourth-order valence-electron chi connectivity index (χ4n) is 1.38. The van der Waals surface area contributed by atoms with Crippen LogP contribution in [0.2, 0.25) is 0 Å². The number of nitrogens with zero attached hydrogens (tertiary/aromatic N) is 2. The lowest BCUT2D eigenvalue weighted by Gasteiger charge is -2.04. The topological polar surface area (TPSA) is 51.0 Å². The first-order valence-corrected chi connectivity index (χ1v) is 5.57. The Morgan fingerprint density at radius 1 is 1.28 bits per heavy atom. The van der Waals surface area contributed by atoms with Gasteiger partial charge in [-0.1, -0.05) is 13.8 Å². The lowest BCUT2D eigenvalue weighted by atomic mass is 10.2. The van der Waals surface area contributed by atoms with Gasteiger partial charge >= 0.3 is 0 Å². The van der Waals surface area contributed by atoms with Gasteiger partial charge in [-0.3, -0.25) is 0 Å². The molecule has 2 rings (SSSR count). The highest BCUT2D eigenvalue weighted by molar-refractivity contribution is 5.44. The van der Waals surface area contributed by atoms with Gasteiger partial charge in [0, 0.05) is 5.92 Å². The number of benzene rings is 1. The SMILES string of the molecule is CC(C)c1nnc(CNc2cc(F)ccc2F)o1. The molecule has 0 unspecified atom stereocenters. The Morgan fingerprint density at radius 2 is 2.06 bits per heavy atom. The summed E-state index contributed by atoms with van der Waals surface area (Å²) >= 11 is 0. The summed E-state index contributed by atoms with van der Waals surface area (Å²) in [6.07, 6.45) is 0. The van der Waals surface area contributed by atoms with E-state index in [1.165, 1.54) is 0 Å². The van der Waals surface area contributed by atoms with Gasteiger partial charge in [-0.25, -0.2) is 8.78 Å². The predicted molar refractivity (Wildman–Crippen MR) is 62.1 cm³/mol. The molecule has 1 N–H and O–H groups in total. The highest BCUT2D eigenvalue weighted by atomic mass is 19.1. The Hall–Kier alpha value is -1.98. The third-order valence-electron chi connectivity index (χ3n) is 2.33. The predicted octanol–water partition coefficient (Wildman–Crippen LogP) is 3.08. The lowest BCUT2D eigenvalue weighted by molar-refractivity contribution is 0.437. The Morgan fingerprint density at radius 3 is 2.72 bits per heavy atom. The normalized spacial score (nSPS) is 10.9.